The molecular weight excluding hydrogens is 278 g/mol. The van der Waals surface area contributed by atoms with Gasteiger partial charge in [-0.2, -0.15) is 4.98 Å². The van der Waals surface area contributed by atoms with E-state index in [1.807, 2.05) is 12.1 Å². The van der Waals surface area contributed by atoms with Gasteiger partial charge in [-0.1, -0.05) is 12.1 Å². The second-order valence-electron chi connectivity index (χ2n) is 5.98. The van der Waals surface area contributed by atoms with E-state index in [4.69, 9.17) is 9.26 Å². The lowest BCUT2D eigenvalue weighted by atomic mass is 9.82. The van der Waals surface area contributed by atoms with Crippen molar-refractivity contribution in [1.82, 2.24) is 15.1 Å². The fraction of sp³-hybridized carbons (Fsp3) is 0.588. The lowest BCUT2D eigenvalue weighted by Gasteiger charge is -2.26. The number of rotatable bonds is 6. The second kappa shape index (κ2) is 7.49. The van der Waals surface area contributed by atoms with E-state index in [0.29, 0.717) is 17.7 Å². The van der Waals surface area contributed by atoms with E-state index in [0.717, 1.165) is 43.9 Å². The van der Waals surface area contributed by atoms with E-state index in [1.165, 1.54) is 12.8 Å². The highest BCUT2D eigenvalue weighted by Gasteiger charge is 2.26. The van der Waals surface area contributed by atoms with Gasteiger partial charge < -0.3 is 9.26 Å². The Bertz CT molecular complexity index is 562. The van der Waals surface area contributed by atoms with Crippen LogP contribution in [0.4, 0.5) is 0 Å². The predicted octanol–water partition coefficient (Wildman–Crippen LogP) is 3.83. The summed E-state index contributed by atoms with van der Waals surface area (Å²) >= 11 is 0. The molecule has 1 aliphatic carbocycles. The lowest BCUT2D eigenvalue weighted by Crippen LogP contribution is -2.18. The standard InChI is InChI=1S/C17H23N3O2/c1-2-11-21-12-13-3-5-15(6-4-13)17-19-16(20-22-17)14-7-9-18-10-8-14/h7-10,13,15H,2-6,11-12H2,1H3. The molecule has 1 saturated carbocycles. The van der Waals surface area contributed by atoms with E-state index in [1.54, 1.807) is 12.4 Å². The van der Waals surface area contributed by atoms with E-state index in [2.05, 4.69) is 22.0 Å². The van der Waals surface area contributed by atoms with Crippen LogP contribution in [-0.2, 0) is 4.74 Å². The van der Waals surface area contributed by atoms with Crippen molar-refractivity contribution < 1.29 is 9.26 Å². The summed E-state index contributed by atoms with van der Waals surface area (Å²) < 4.78 is 11.1. The summed E-state index contributed by atoms with van der Waals surface area (Å²) in [6.45, 7) is 3.92. The Balaban J connectivity index is 1.55. The molecule has 0 bridgehead atoms. The molecule has 5 nitrogen and oxygen atoms in total. The smallest absolute Gasteiger partial charge is 0.230 e. The first-order valence-electron chi connectivity index (χ1n) is 8.18. The van der Waals surface area contributed by atoms with Crippen molar-refractivity contribution in [1.29, 1.82) is 0 Å². The van der Waals surface area contributed by atoms with Gasteiger partial charge in [0.25, 0.3) is 0 Å². The van der Waals surface area contributed by atoms with Gasteiger partial charge in [-0.25, -0.2) is 0 Å². The van der Waals surface area contributed by atoms with Crippen LogP contribution in [-0.4, -0.2) is 28.3 Å². The Morgan fingerprint density at radius 3 is 2.68 bits per heavy atom. The van der Waals surface area contributed by atoms with Gasteiger partial charge in [-0.05, 0) is 50.2 Å². The van der Waals surface area contributed by atoms with E-state index in [-0.39, 0.29) is 0 Å². The topological polar surface area (TPSA) is 61.0 Å². The minimum Gasteiger partial charge on any atom is -0.381 e. The van der Waals surface area contributed by atoms with Gasteiger partial charge in [-0.15, -0.1) is 0 Å². The SMILES string of the molecule is CCCOCC1CCC(c2nc(-c3ccncc3)no2)CC1. The van der Waals surface area contributed by atoms with Gasteiger partial charge in [0.1, 0.15) is 0 Å². The molecule has 0 radical (unpaired) electrons. The number of nitrogens with zero attached hydrogens (tertiary/aromatic N) is 3. The normalized spacial score (nSPS) is 21.9. The molecule has 118 valence electrons. The summed E-state index contributed by atoms with van der Waals surface area (Å²) in [4.78, 5) is 8.58. The van der Waals surface area contributed by atoms with Crippen LogP contribution in [0, 0.1) is 5.92 Å². The molecule has 5 heteroatoms. The number of pyridine rings is 1. The molecule has 0 unspecified atom stereocenters. The molecule has 22 heavy (non-hydrogen) atoms. The van der Waals surface area contributed by atoms with Crippen LogP contribution in [0.5, 0.6) is 0 Å². The van der Waals surface area contributed by atoms with Gasteiger partial charge in [0, 0.05) is 37.1 Å². The van der Waals surface area contributed by atoms with Gasteiger partial charge in [0.15, 0.2) is 0 Å². The predicted molar refractivity (Wildman–Crippen MR) is 83.3 cm³/mol. The monoisotopic (exact) mass is 301 g/mol. The molecule has 0 N–H and O–H groups in total. The Kier molecular flexibility index (Phi) is 5.16. The quantitative estimate of drug-likeness (QED) is 0.759. The molecule has 0 saturated heterocycles. The van der Waals surface area contributed by atoms with E-state index in [9.17, 15) is 0 Å². The van der Waals surface area contributed by atoms with E-state index >= 15 is 0 Å². The second-order valence-corrected chi connectivity index (χ2v) is 5.98. The van der Waals surface area contributed by atoms with Crippen LogP contribution in [0.1, 0.15) is 50.8 Å². The van der Waals surface area contributed by atoms with Crippen LogP contribution in [0.3, 0.4) is 0 Å². The van der Waals surface area contributed by atoms with Crippen molar-refractivity contribution in [3.63, 3.8) is 0 Å². The first-order valence-corrected chi connectivity index (χ1v) is 8.18. The molecule has 2 heterocycles. The zero-order valence-electron chi connectivity index (χ0n) is 13.1. The molecule has 1 aliphatic rings. The molecule has 0 atom stereocenters. The maximum Gasteiger partial charge on any atom is 0.230 e. The number of aromatic nitrogens is 3. The molecule has 2 aromatic heterocycles. The average Bonchev–Trinajstić information content (AvgIpc) is 3.07. The highest BCUT2D eigenvalue weighted by molar-refractivity contribution is 5.52. The van der Waals surface area contributed by atoms with Crippen LogP contribution in [0.15, 0.2) is 29.0 Å². The molecular formula is C17H23N3O2. The van der Waals surface area contributed by atoms with Gasteiger partial charge in [-0.3, -0.25) is 4.98 Å². The van der Waals surface area contributed by atoms with E-state index < -0.39 is 0 Å². The highest BCUT2D eigenvalue weighted by Crippen LogP contribution is 2.35. The van der Waals surface area contributed by atoms with Crippen LogP contribution < -0.4 is 0 Å². The van der Waals surface area contributed by atoms with Crippen molar-refractivity contribution in [2.24, 2.45) is 5.92 Å². The molecule has 3 rings (SSSR count). The fourth-order valence-electron chi connectivity index (χ4n) is 2.99. The van der Waals surface area contributed by atoms with Crippen molar-refractivity contribution in [2.75, 3.05) is 13.2 Å². The Labute approximate surface area is 131 Å². The summed E-state index contributed by atoms with van der Waals surface area (Å²) in [5, 5.41) is 4.10. The van der Waals surface area contributed by atoms with Crippen LogP contribution >= 0.6 is 0 Å². The Morgan fingerprint density at radius 1 is 1.18 bits per heavy atom. The summed E-state index contributed by atoms with van der Waals surface area (Å²) in [5.74, 6) is 2.52. The number of ether oxygens (including phenoxy) is 1. The molecule has 0 amide bonds. The Morgan fingerprint density at radius 2 is 1.95 bits per heavy atom. The van der Waals surface area contributed by atoms with Crippen molar-refractivity contribution in [3.8, 4) is 11.4 Å². The molecule has 1 fully saturated rings. The van der Waals surface area contributed by atoms with Crippen molar-refractivity contribution in [3.05, 3.63) is 30.4 Å². The average molecular weight is 301 g/mol. The number of hydrogen-bond acceptors (Lipinski definition) is 5. The van der Waals surface area contributed by atoms with Gasteiger partial charge >= 0.3 is 0 Å². The summed E-state index contributed by atoms with van der Waals surface area (Å²) in [6.07, 6.45) is 9.16. The summed E-state index contributed by atoms with van der Waals surface area (Å²) in [6, 6.07) is 3.80. The largest absolute Gasteiger partial charge is 0.381 e. The van der Waals surface area contributed by atoms with Crippen molar-refractivity contribution in [2.45, 2.75) is 44.9 Å². The van der Waals surface area contributed by atoms with Gasteiger partial charge in [0.05, 0.1) is 0 Å². The molecule has 0 spiro atoms. The maximum atomic E-state index is 5.67. The minimum atomic E-state index is 0.394. The van der Waals surface area contributed by atoms with Crippen molar-refractivity contribution >= 4 is 0 Å². The number of hydrogen-bond donors (Lipinski definition) is 0. The first kappa shape index (κ1) is 15.2. The van der Waals surface area contributed by atoms with Crippen LogP contribution in [0.25, 0.3) is 11.4 Å². The summed E-state index contributed by atoms with van der Waals surface area (Å²) in [7, 11) is 0. The minimum absolute atomic E-state index is 0.394. The first-order chi connectivity index (χ1) is 10.9. The Hall–Kier alpha value is -1.75. The zero-order valence-corrected chi connectivity index (χ0v) is 13.1. The maximum absolute atomic E-state index is 5.67. The third-order valence-corrected chi connectivity index (χ3v) is 4.28. The molecule has 0 aliphatic heterocycles. The lowest BCUT2D eigenvalue weighted by molar-refractivity contribution is 0.0813. The van der Waals surface area contributed by atoms with Crippen LogP contribution in [0.2, 0.25) is 0 Å². The third-order valence-electron chi connectivity index (χ3n) is 4.28. The highest BCUT2D eigenvalue weighted by atomic mass is 16.5. The molecule has 0 aromatic carbocycles. The summed E-state index contributed by atoms with van der Waals surface area (Å²) in [5.41, 5.74) is 0.951. The molecule has 2 aromatic rings. The van der Waals surface area contributed by atoms with Gasteiger partial charge in [0.2, 0.25) is 11.7 Å². The fourth-order valence-corrected chi connectivity index (χ4v) is 2.99. The third kappa shape index (κ3) is 3.71. The zero-order chi connectivity index (χ0) is 15.2.